The Morgan fingerprint density at radius 2 is 1.53 bits per heavy atom. The number of hydrogen-bond acceptors (Lipinski definition) is 8. The van der Waals surface area contributed by atoms with Crippen LogP contribution in [-0.2, 0) is 33.5 Å². The molecule has 0 aromatic heterocycles. The van der Waals surface area contributed by atoms with Crippen LogP contribution in [0.5, 0.6) is 0 Å². The van der Waals surface area contributed by atoms with Gasteiger partial charge in [0, 0.05) is 20.6 Å². The molecular formula is C37H56Cl2N6O8. The fraction of sp³-hybridized carbons (Fsp3) is 0.649. The lowest BCUT2D eigenvalue weighted by Gasteiger charge is -2.35. The van der Waals surface area contributed by atoms with Crippen LogP contribution >= 0.6 is 23.2 Å². The molecule has 16 heteroatoms. The molecule has 1 saturated heterocycles. The predicted octanol–water partition coefficient (Wildman–Crippen LogP) is 3.79. The number of alkyl carbamates (subject to hydrolysis) is 1. The molecule has 4 atom stereocenters. The van der Waals surface area contributed by atoms with Crippen LogP contribution in [0.2, 0.25) is 0 Å². The molecule has 2 unspecified atom stereocenters. The highest BCUT2D eigenvalue weighted by Crippen LogP contribution is 2.30. The third kappa shape index (κ3) is 14.8. The number of Topliss-reactive ketones (excluding diaryl/α,β-unsaturated/α-hetero) is 1. The number of rotatable bonds is 14. The van der Waals surface area contributed by atoms with Gasteiger partial charge in [0.25, 0.3) is 5.91 Å². The minimum atomic E-state index is -1.19. The number of likely N-dealkylation sites (N-methyl/N-ethyl adjacent to an activating group) is 1. The Balaban J connectivity index is 0.00000313. The first kappa shape index (κ1) is 45.2. The van der Waals surface area contributed by atoms with Gasteiger partial charge in [0.1, 0.15) is 23.7 Å². The van der Waals surface area contributed by atoms with Gasteiger partial charge in [-0.2, -0.15) is 0 Å². The van der Waals surface area contributed by atoms with E-state index in [9.17, 15) is 33.6 Å². The molecule has 296 valence electrons. The third-order valence-corrected chi connectivity index (χ3v) is 8.87. The van der Waals surface area contributed by atoms with Crippen molar-refractivity contribution in [3.05, 3.63) is 35.9 Å². The standard InChI is InChI=1S/C36H54N6O8.CH2Cl2/c1-7-15-25(30(44)32(46)37-22-27(43)39-28(33(47)41(5)6)23-16-10-8-11-17-23)38-31(45)26-20-14-21-42(26)34(48)29(24-18-12-9-13-19-24)40-35(49)50-36(2,3)4;2-1-3/h8,10-11,16-17,24-26,28-29H,7,9,12-15,18-22H2,1-6H3,(H,37,46)(H,38,45)(H,39,43)(H,40,49);1H2/t25?,26-,28-,29?;/m0./s1. The molecular weight excluding hydrogens is 727 g/mol. The van der Waals surface area contributed by atoms with Gasteiger partial charge in [-0.1, -0.05) is 62.9 Å². The molecule has 53 heavy (non-hydrogen) atoms. The molecule has 4 N–H and O–H groups in total. The topological polar surface area (TPSA) is 183 Å². The van der Waals surface area contributed by atoms with Crippen molar-refractivity contribution >= 4 is 64.6 Å². The Bertz CT molecular complexity index is 1400. The van der Waals surface area contributed by atoms with Crippen LogP contribution in [0.4, 0.5) is 4.79 Å². The van der Waals surface area contributed by atoms with Crippen molar-refractivity contribution in [2.24, 2.45) is 5.92 Å². The van der Waals surface area contributed by atoms with E-state index in [1.807, 2.05) is 0 Å². The minimum absolute atomic E-state index is 0.104. The maximum absolute atomic E-state index is 14.0. The van der Waals surface area contributed by atoms with Gasteiger partial charge in [0.15, 0.2) is 0 Å². The van der Waals surface area contributed by atoms with Crippen LogP contribution in [-0.4, -0.2) is 107 Å². The van der Waals surface area contributed by atoms with E-state index >= 15 is 0 Å². The zero-order chi connectivity index (χ0) is 39.7. The van der Waals surface area contributed by atoms with Crippen molar-refractivity contribution in [1.82, 2.24) is 31.1 Å². The number of hydrogen-bond donors (Lipinski definition) is 4. The highest BCUT2D eigenvalue weighted by atomic mass is 35.5. The Morgan fingerprint density at radius 1 is 0.906 bits per heavy atom. The van der Waals surface area contributed by atoms with E-state index in [1.54, 1.807) is 72.1 Å². The molecule has 6 amide bonds. The van der Waals surface area contributed by atoms with Gasteiger partial charge in [-0.05, 0) is 64.4 Å². The summed E-state index contributed by atoms with van der Waals surface area (Å²) < 4.78 is 5.45. The van der Waals surface area contributed by atoms with Crippen LogP contribution in [0, 0.1) is 5.92 Å². The monoisotopic (exact) mass is 782 g/mol. The molecule has 1 saturated carbocycles. The molecule has 1 aromatic rings. The first-order valence-electron chi connectivity index (χ1n) is 18.1. The van der Waals surface area contributed by atoms with Crippen molar-refractivity contribution in [2.75, 3.05) is 32.5 Å². The second-order valence-corrected chi connectivity index (χ2v) is 15.2. The predicted molar refractivity (Wildman–Crippen MR) is 202 cm³/mol. The molecule has 1 aliphatic carbocycles. The molecule has 1 aliphatic heterocycles. The summed E-state index contributed by atoms with van der Waals surface area (Å²) in [5.41, 5.74) is -0.203. The van der Waals surface area contributed by atoms with Gasteiger partial charge in [-0.3, -0.25) is 28.8 Å². The van der Waals surface area contributed by atoms with Crippen molar-refractivity contribution in [1.29, 1.82) is 0 Å². The van der Waals surface area contributed by atoms with E-state index in [-0.39, 0.29) is 29.5 Å². The molecule has 14 nitrogen and oxygen atoms in total. The number of ketones is 1. The van der Waals surface area contributed by atoms with Crippen molar-refractivity contribution in [2.45, 2.75) is 115 Å². The maximum Gasteiger partial charge on any atom is 0.408 e. The summed E-state index contributed by atoms with van der Waals surface area (Å²) in [6.07, 6.45) is 5.26. The second kappa shape index (κ2) is 22.3. The summed E-state index contributed by atoms with van der Waals surface area (Å²) in [7, 11) is 3.12. The molecule has 1 aromatic carbocycles. The van der Waals surface area contributed by atoms with Crippen LogP contribution in [0.3, 0.4) is 0 Å². The lowest BCUT2D eigenvalue weighted by molar-refractivity contribution is -0.143. The number of carbonyl (C=O) groups excluding carboxylic acids is 7. The van der Waals surface area contributed by atoms with E-state index in [1.165, 1.54) is 9.80 Å². The Kier molecular flexibility index (Phi) is 19.1. The first-order chi connectivity index (χ1) is 25.0. The molecule has 0 spiro atoms. The zero-order valence-corrected chi connectivity index (χ0v) is 33.2. The van der Waals surface area contributed by atoms with Crippen molar-refractivity contribution in [3.63, 3.8) is 0 Å². The number of halogens is 2. The summed E-state index contributed by atoms with van der Waals surface area (Å²) in [6, 6.07) is 4.70. The van der Waals surface area contributed by atoms with Gasteiger partial charge < -0.3 is 35.8 Å². The van der Waals surface area contributed by atoms with E-state index in [0.29, 0.717) is 31.4 Å². The van der Waals surface area contributed by atoms with E-state index < -0.39 is 65.9 Å². The summed E-state index contributed by atoms with van der Waals surface area (Å²) in [4.78, 5) is 94.9. The Morgan fingerprint density at radius 3 is 2.09 bits per heavy atom. The van der Waals surface area contributed by atoms with Crippen LogP contribution < -0.4 is 21.3 Å². The zero-order valence-electron chi connectivity index (χ0n) is 31.7. The quantitative estimate of drug-likeness (QED) is 0.162. The normalized spacial score (nSPS) is 17.5. The molecule has 0 bridgehead atoms. The van der Waals surface area contributed by atoms with Gasteiger partial charge >= 0.3 is 6.09 Å². The molecule has 2 fully saturated rings. The molecule has 2 aliphatic rings. The smallest absolute Gasteiger partial charge is 0.408 e. The lowest BCUT2D eigenvalue weighted by atomic mass is 9.83. The van der Waals surface area contributed by atoms with Crippen LogP contribution in [0.1, 0.15) is 97.1 Å². The van der Waals surface area contributed by atoms with E-state index in [4.69, 9.17) is 27.9 Å². The third-order valence-electron chi connectivity index (χ3n) is 8.87. The Labute approximate surface area is 322 Å². The van der Waals surface area contributed by atoms with Crippen molar-refractivity contribution < 1.29 is 38.3 Å². The number of alkyl halides is 2. The average Bonchev–Trinajstić information content (AvgIpc) is 3.61. The SMILES string of the molecule is CCCC(NC(=O)[C@@H]1CCCN1C(=O)C(NC(=O)OC(C)(C)C)C1CCCCC1)C(=O)C(=O)NCC(=O)N[C@H](C(=O)N(C)C)c1ccccc1.ClCCl. The molecule has 0 radical (unpaired) electrons. The maximum atomic E-state index is 14.0. The number of nitrogens with one attached hydrogen (secondary N) is 4. The van der Waals surface area contributed by atoms with Gasteiger partial charge in [-0.15, -0.1) is 23.2 Å². The fourth-order valence-electron chi connectivity index (χ4n) is 6.40. The van der Waals surface area contributed by atoms with Crippen molar-refractivity contribution in [3.8, 4) is 0 Å². The van der Waals surface area contributed by atoms with Crippen LogP contribution in [0.15, 0.2) is 30.3 Å². The van der Waals surface area contributed by atoms with Gasteiger partial charge in [0.05, 0.1) is 17.9 Å². The van der Waals surface area contributed by atoms with E-state index in [2.05, 4.69) is 21.3 Å². The number of nitrogens with zero attached hydrogens (tertiary/aromatic N) is 2. The second-order valence-electron chi connectivity index (χ2n) is 14.4. The summed E-state index contributed by atoms with van der Waals surface area (Å²) in [5.74, 6) is -4.09. The Hall–Kier alpha value is -3.91. The van der Waals surface area contributed by atoms with E-state index in [0.717, 1.165) is 32.1 Å². The average molecular weight is 784 g/mol. The lowest BCUT2D eigenvalue weighted by Crippen LogP contribution is -2.58. The summed E-state index contributed by atoms with van der Waals surface area (Å²) in [5, 5.41) is 10.6. The highest BCUT2D eigenvalue weighted by molar-refractivity contribution is 6.40. The first-order valence-corrected chi connectivity index (χ1v) is 19.2. The summed E-state index contributed by atoms with van der Waals surface area (Å²) >= 11 is 9.53. The summed E-state index contributed by atoms with van der Waals surface area (Å²) in [6.45, 7) is 6.75. The number of ether oxygens (including phenoxy) is 1. The molecule has 1 heterocycles. The number of amides is 6. The van der Waals surface area contributed by atoms with Crippen LogP contribution in [0.25, 0.3) is 0 Å². The highest BCUT2D eigenvalue weighted by Gasteiger charge is 2.42. The fourth-order valence-corrected chi connectivity index (χ4v) is 6.40. The van der Waals surface area contributed by atoms with Gasteiger partial charge in [0.2, 0.25) is 29.4 Å². The van der Waals surface area contributed by atoms with Gasteiger partial charge in [-0.25, -0.2) is 4.79 Å². The number of carbonyl (C=O) groups is 7. The largest absolute Gasteiger partial charge is 0.444 e. The number of likely N-dealkylation sites (tertiary alicyclic amines) is 1. The minimum Gasteiger partial charge on any atom is -0.444 e. The molecule has 3 rings (SSSR count). The number of benzene rings is 1.